The molecule has 0 spiro atoms. The molecule has 0 unspecified atom stereocenters. The van der Waals surface area contributed by atoms with Gasteiger partial charge in [0, 0.05) is 64.8 Å². The summed E-state index contributed by atoms with van der Waals surface area (Å²) in [6, 6.07) is 6.20. The molecular formula is C27H41ClN4O3. The minimum Gasteiger partial charge on any atom is -0.385 e. The highest BCUT2D eigenvalue weighted by Gasteiger charge is 2.33. The Morgan fingerprint density at radius 2 is 2.03 bits per heavy atom. The van der Waals surface area contributed by atoms with E-state index in [0.29, 0.717) is 36.7 Å². The molecule has 1 N–H and O–H groups in total. The van der Waals surface area contributed by atoms with Crippen molar-refractivity contribution in [2.45, 2.75) is 71.0 Å². The number of para-hydroxylation sites is 1. The zero-order chi connectivity index (χ0) is 25.5. The van der Waals surface area contributed by atoms with Crippen molar-refractivity contribution >= 4 is 34.3 Å². The van der Waals surface area contributed by atoms with E-state index in [1.165, 1.54) is 0 Å². The Hall–Kier alpha value is -2.09. The lowest BCUT2D eigenvalue weighted by atomic mass is 10.0. The van der Waals surface area contributed by atoms with Gasteiger partial charge in [0.15, 0.2) is 0 Å². The second-order valence-corrected chi connectivity index (χ2v) is 10.3. The number of benzene rings is 1. The molecule has 1 aromatic heterocycles. The molecule has 194 valence electrons. The molecule has 2 heterocycles. The molecule has 2 aromatic rings. The van der Waals surface area contributed by atoms with Crippen LogP contribution in [0.25, 0.3) is 10.9 Å². The van der Waals surface area contributed by atoms with E-state index >= 15 is 0 Å². The molecule has 0 aliphatic carbocycles. The molecule has 1 saturated heterocycles. The zero-order valence-corrected chi connectivity index (χ0v) is 22.7. The van der Waals surface area contributed by atoms with E-state index < -0.39 is 0 Å². The lowest BCUT2D eigenvalue weighted by Crippen LogP contribution is -2.52. The molecule has 0 radical (unpaired) electrons. The summed E-state index contributed by atoms with van der Waals surface area (Å²) in [5.74, 6) is 0.0651. The number of fused-ring (bicyclic) bond motifs is 1. The molecule has 1 atom stereocenters. The molecule has 1 fully saturated rings. The third kappa shape index (κ3) is 6.38. The van der Waals surface area contributed by atoms with E-state index in [2.05, 4.69) is 23.7 Å². The number of aryl methyl sites for hydroxylation is 2. The van der Waals surface area contributed by atoms with Gasteiger partial charge in [-0.05, 0) is 58.1 Å². The fourth-order valence-corrected chi connectivity index (χ4v) is 5.41. The molecule has 7 nitrogen and oxygen atoms in total. The van der Waals surface area contributed by atoms with Gasteiger partial charge in [0.2, 0.25) is 5.91 Å². The fraction of sp³-hybridized carbons (Fsp3) is 0.630. The molecule has 8 heteroatoms. The van der Waals surface area contributed by atoms with Crippen molar-refractivity contribution in [3.8, 4) is 0 Å². The van der Waals surface area contributed by atoms with Gasteiger partial charge in [-0.1, -0.05) is 29.8 Å². The Kier molecular flexibility index (Phi) is 10.0. The average Bonchev–Trinajstić information content (AvgIpc) is 3.12. The number of ether oxygens (including phenoxy) is 1. The van der Waals surface area contributed by atoms with Crippen molar-refractivity contribution in [2.24, 2.45) is 0 Å². The van der Waals surface area contributed by atoms with Gasteiger partial charge in [0.25, 0.3) is 5.91 Å². The molecule has 1 aliphatic rings. The predicted molar refractivity (Wildman–Crippen MR) is 142 cm³/mol. The van der Waals surface area contributed by atoms with Crippen LogP contribution in [0.2, 0.25) is 5.02 Å². The molecular weight excluding hydrogens is 464 g/mol. The number of nitrogens with zero attached hydrogens (tertiary/aromatic N) is 3. The van der Waals surface area contributed by atoms with Gasteiger partial charge < -0.3 is 24.4 Å². The van der Waals surface area contributed by atoms with Crippen LogP contribution in [0.1, 0.15) is 62.0 Å². The Morgan fingerprint density at radius 1 is 1.26 bits per heavy atom. The number of piperidine rings is 1. The van der Waals surface area contributed by atoms with E-state index in [4.69, 9.17) is 16.3 Å². The minimum absolute atomic E-state index is 0.0167. The van der Waals surface area contributed by atoms with Crippen LogP contribution in [0.4, 0.5) is 0 Å². The van der Waals surface area contributed by atoms with Crippen LogP contribution in [-0.2, 0) is 22.5 Å². The van der Waals surface area contributed by atoms with Gasteiger partial charge >= 0.3 is 0 Å². The van der Waals surface area contributed by atoms with Crippen molar-refractivity contribution in [3.05, 3.63) is 34.5 Å². The topological polar surface area (TPSA) is 66.8 Å². The van der Waals surface area contributed by atoms with Gasteiger partial charge in [0.05, 0.1) is 10.5 Å². The maximum atomic E-state index is 14.2. The molecule has 35 heavy (non-hydrogen) atoms. The number of methoxy groups -OCH3 is 1. The van der Waals surface area contributed by atoms with Crippen LogP contribution in [0, 0.1) is 0 Å². The number of unbranched alkanes of at least 4 members (excludes halogenated alkanes) is 1. The first kappa shape index (κ1) is 27.5. The van der Waals surface area contributed by atoms with Crippen molar-refractivity contribution in [1.82, 2.24) is 19.7 Å². The molecule has 3 rings (SSSR count). The second-order valence-electron chi connectivity index (χ2n) is 9.92. The maximum Gasteiger partial charge on any atom is 0.272 e. The van der Waals surface area contributed by atoms with Gasteiger partial charge in [-0.25, -0.2) is 0 Å². The van der Waals surface area contributed by atoms with E-state index in [9.17, 15) is 9.59 Å². The summed E-state index contributed by atoms with van der Waals surface area (Å²) < 4.78 is 7.36. The summed E-state index contributed by atoms with van der Waals surface area (Å²) >= 11 is 6.99. The Morgan fingerprint density at radius 3 is 2.66 bits per heavy atom. The summed E-state index contributed by atoms with van der Waals surface area (Å²) in [6.07, 6.45) is 4.81. The molecule has 1 aromatic carbocycles. The average molecular weight is 505 g/mol. The lowest BCUT2D eigenvalue weighted by molar-refractivity contribution is -0.128. The predicted octanol–water partition coefficient (Wildman–Crippen LogP) is 4.34. The summed E-state index contributed by atoms with van der Waals surface area (Å²) in [7, 11) is 5.25. The number of hydrogen-bond acceptors (Lipinski definition) is 4. The summed E-state index contributed by atoms with van der Waals surface area (Å²) in [4.78, 5) is 30.1. The highest BCUT2D eigenvalue weighted by atomic mass is 35.5. The van der Waals surface area contributed by atoms with E-state index in [0.717, 1.165) is 55.2 Å². The quantitative estimate of drug-likeness (QED) is 0.462. The molecule has 1 aliphatic heterocycles. The van der Waals surface area contributed by atoms with Crippen molar-refractivity contribution in [1.29, 1.82) is 0 Å². The van der Waals surface area contributed by atoms with E-state index in [1.807, 2.05) is 23.1 Å². The SMILES string of the molecule is COCCCCn1c(C(=O)N(C(C)C)[C@@H]2CCCNC2)c(Cl)c2cccc(CCC(=O)N(C)C)c21. The highest BCUT2D eigenvalue weighted by Crippen LogP contribution is 2.35. The summed E-state index contributed by atoms with van der Waals surface area (Å²) in [5, 5.41) is 4.83. The van der Waals surface area contributed by atoms with Crippen LogP contribution in [0.15, 0.2) is 18.2 Å². The fourth-order valence-electron chi connectivity index (χ4n) is 5.08. The highest BCUT2D eigenvalue weighted by molar-refractivity contribution is 6.39. The van der Waals surface area contributed by atoms with Crippen LogP contribution in [-0.4, -0.2) is 79.2 Å². The second kappa shape index (κ2) is 12.7. The monoisotopic (exact) mass is 504 g/mol. The minimum atomic E-state index is -0.0167. The number of nitrogens with one attached hydrogen (secondary N) is 1. The van der Waals surface area contributed by atoms with Crippen LogP contribution in [0.5, 0.6) is 0 Å². The third-order valence-corrected chi connectivity index (χ3v) is 7.23. The molecule has 0 saturated carbocycles. The number of carbonyl (C=O) groups excluding carboxylic acids is 2. The summed E-state index contributed by atoms with van der Waals surface area (Å²) in [5.41, 5.74) is 2.57. The van der Waals surface area contributed by atoms with Gasteiger partial charge in [-0.2, -0.15) is 0 Å². The normalized spacial score (nSPS) is 16.1. The van der Waals surface area contributed by atoms with Gasteiger partial charge in [-0.15, -0.1) is 0 Å². The van der Waals surface area contributed by atoms with Gasteiger partial charge in [-0.3, -0.25) is 9.59 Å². The molecule has 2 amide bonds. The standard InChI is InChI=1S/C27H41ClN4O3/c1-19(2)32(21-11-9-15-29-18-21)27(34)26-24(28)22-12-8-10-20(13-14-23(33)30(3)4)25(22)31(26)16-6-7-17-35-5/h8,10,12,19,21,29H,6-7,9,11,13-18H2,1-5H3/t21-/m1/s1. The number of halogens is 1. The largest absolute Gasteiger partial charge is 0.385 e. The first-order valence-corrected chi connectivity index (χ1v) is 13.2. The van der Waals surface area contributed by atoms with Crippen LogP contribution < -0.4 is 5.32 Å². The number of carbonyl (C=O) groups is 2. The van der Waals surface area contributed by atoms with Crippen LogP contribution >= 0.6 is 11.6 Å². The number of amides is 2. The first-order chi connectivity index (χ1) is 16.8. The van der Waals surface area contributed by atoms with Crippen LogP contribution in [0.3, 0.4) is 0 Å². The number of rotatable bonds is 11. The summed E-state index contributed by atoms with van der Waals surface area (Å²) in [6.45, 7) is 7.28. The molecule has 0 bridgehead atoms. The lowest BCUT2D eigenvalue weighted by Gasteiger charge is -2.38. The zero-order valence-electron chi connectivity index (χ0n) is 21.9. The number of aromatic nitrogens is 1. The first-order valence-electron chi connectivity index (χ1n) is 12.8. The van der Waals surface area contributed by atoms with Crippen molar-refractivity contribution in [3.63, 3.8) is 0 Å². The smallest absolute Gasteiger partial charge is 0.272 e. The van der Waals surface area contributed by atoms with Crippen molar-refractivity contribution in [2.75, 3.05) is 40.9 Å². The Bertz CT molecular complexity index is 1010. The van der Waals surface area contributed by atoms with E-state index in [-0.39, 0.29) is 23.9 Å². The third-order valence-electron chi connectivity index (χ3n) is 6.85. The maximum absolute atomic E-state index is 14.2. The van der Waals surface area contributed by atoms with Crippen molar-refractivity contribution < 1.29 is 14.3 Å². The van der Waals surface area contributed by atoms with E-state index in [1.54, 1.807) is 26.1 Å². The Labute approximate surface area is 214 Å². The van der Waals surface area contributed by atoms with Gasteiger partial charge in [0.1, 0.15) is 5.69 Å². The Balaban J connectivity index is 2.07. The number of hydrogen-bond donors (Lipinski definition) is 1.